The van der Waals surface area contributed by atoms with Gasteiger partial charge in [0.25, 0.3) is 0 Å². The molecule has 0 saturated carbocycles. The van der Waals surface area contributed by atoms with Crippen LogP contribution in [0.4, 0.5) is 0 Å². The highest BCUT2D eigenvalue weighted by molar-refractivity contribution is 7.10. The molecule has 0 radical (unpaired) electrons. The first-order valence-electron chi connectivity index (χ1n) is 5.62. The zero-order valence-corrected chi connectivity index (χ0v) is 10.1. The monoisotopic (exact) mass is 246 g/mol. The number of nitrogens with two attached hydrogens (primary N) is 1. The number of fused-ring (bicyclic) bond motifs is 1. The summed E-state index contributed by atoms with van der Waals surface area (Å²) < 4.78 is 5.95. The minimum absolute atomic E-state index is 0.0578. The van der Waals surface area contributed by atoms with Crippen LogP contribution in [0.2, 0.25) is 0 Å². The Labute approximate surface area is 104 Å². The van der Waals surface area contributed by atoms with Gasteiger partial charge in [-0.3, -0.25) is 5.84 Å². The van der Waals surface area contributed by atoms with Crippen LogP contribution in [0, 0.1) is 0 Å². The van der Waals surface area contributed by atoms with E-state index in [0.717, 1.165) is 12.2 Å². The molecule has 1 aromatic carbocycles. The molecular formula is C13H14N2OS. The molecule has 0 fully saturated rings. The second-order valence-corrected chi connectivity index (χ2v) is 5.11. The predicted molar refractivity (Wildman–Crippen MR) is 68.9 cm³/mol. The summed E-state index contributed by atoms with van der Waals surface area (Å²) >= 11 is 1.70. The van der Waals surface area contributed by atoms with Gasteiger partial charge in [-0.1, -0.05) is 24.3 Å². The molecular weight excluding hydrogens is 232 g/mol. The maximum absolute atomic E-state index is 5.95. The van der Waals surface area contributed by atoms with Gasteiger partial charge < -0.3 is 4.74 Å². The molecule has 3 rings (SSSR count). The van der Waals surface area contributed by atoms with E-state index < -0.39 is 0 Å². The molecule has 1 aliphatic rings. The number of hydrazine groups is 1. The van der Waals surface area contributed by atoms with E-state index >= 15 is 0 Å². The largest absolute Gasteiger partial charge is 0.488 e. The van der Waals surface area contributed by atoms with Crippen LogP contribution in [0.1, 0.15) is 16.5 Å². The van der Waals surface area contributed by atoms with Crippen molar-refractivity contribution in [3.05, 3.63) is 52.2 Å². The minimum Gasteiger partial charge on any atom is -0.488 e. The summed E-state index contributed by atoms with van der Waals surface area (Å²) in [6.45, 7) is 0. The van der Waals surface area contributed by atoms with Gasteiger partial charge in [-0.05, 0) is 23.1 Å². The normalized spacial score (nSPS) is 19.7. The molecule has 2 unspecified atom stereocenters. The maximum Gasteiger partial charge on any atom is 0.124 e. The van der Waals surface area contributed by atoms with Gasteiger partial charge in [-0.25, -0.2) is 5.43 Å². The molecule has 1 aliphatic heterocycles. The second kappa shape index (κ2) is 4.49. The topological polar surface area (TPSA) is 47.3 Å². The summed E-state index contributed by atoms with van der Waals surface area (Å²) in [6, 6.07) is 12.3. The minimum atomic E-state index is 0.0578. The fraction of sp³-hybridized carbons (Fsp3) is 0.231. The van der Waals surface area contributed by atoms with Crippen molar-refractivity contribution in [2.75, 3.05) is 0 Å². The van der Waals surface area contributed by atoms with Gasteiger partial charge in [0.2, 0.25) is 0 Å². The van der Waals surface area contributed by atoms with Crippen LogP contribution in [0.25, 0.3) is 0 Å². The van der Waals surface area contributed by atoms with Gasteiger partial charge in [0.15, 0.2) is 0 Å². The number of benzene rings is 1. The van der Waals surface area contributed by atoms with Crippen molar-refractivity contribution in [1.29, 1.82) is 0 Å². The lowest BCUT2D eigenvalue weighted by Gasteiger charge is -2.21. The van der Waals surface area contributed by atoms with E-state index in [1.54, 1.807) is 11.3 Å². The second-order valence-electron chi connectivity index (χ2n) is 4.13. The fourth-order valence-corrected chi connectivity index (χ4v) is 3.07. The number of hydrogen-bond donors (Lipinski definition) is 2. The molecule has 2 heterocycles. The van der Waals surface area contributed by atoms with Crippen molar-refractivity contribution < 1.29 is 4.74 Å². The number of thiophene rings is 1. The highest BCUT2D eigenvalue weighted by Crippen LogP contribution is 2.34. The van der Waals surface area contributed by atoms with Gasteiger partial charge in [-0.2, -0.15) is 0 Å². The highest BCUT2D eigenvalue weighted by atomic mass is 32.1. The molecule has 0 saturated heterocycles. The average molecular weight is 246 g/mol. The summed E-state index contributed by atoms with van der Waals surface area (Å²) in [5, 5.41) is 2.06. The molecule has 0 spiro atoms. The molecule has 88 valence electrons. The first-order chi connectivity index (χ1) is 8.38. The Kier molecular flexibility index (Phi) is 2.84. The molecule has 0 amide bonds. The Bertz CT molecular complexity index is 473. The summed E-state index contributed by atoms with van der Waals surface area (Å²) in [5.41, 5.74) is 4.13. The zero-order chi connectivity index (χ0) is 11.7. The van der Waals surface area contributed by atoms with Crippen molar-refractivity contribution in [2.45, 2.75) is 18.6 Å². The van der Waals surface area contributed by atoms with Gasteiger partial charge in [-0.15, -0.1) is 11.3 Å². The lowest BCUT2D eigenvalue weighted by Crippen LogP contribution is -2.38. The summed E-state index contributed by atoms with van der Waals surface area (Å²) in [5.74, 6) is 6.64. The van der Waals surface area contributed by atoms with Crippen LogP contribution in [0.15, 0.2) is 41.8 Å². The Morgan fingerprint density at radius 2 is 2.18 bits per heavy atom. The molecule has 4 heteroatoms. The number of rotatable bonds is 3. The average Bonchev–Trinajstić information content (AvgIpc) is 2.98. The molecule has 2 atom stereocenters. The van der Waals surface area contributed by atoms with E-state index in [1.165, 1.54) is 10.4 Å². The van der Waals surface area contributed by atoms with E-state index in [4.69, 9.17) is 10.6 Å². The molecule has 1 aromatic heterocycles. The van der Waals surface area contributed by atoms with Crippen LogP contribution in [0.5, 0.6) is 5.75 Å². The van der Waals surface area contributed by atoms with Gasteiger partial charge in [0.05, 0.1) is 6.04 Å². The first kappa shape index (κ1) is 10.8. The van der Waals surface area contributed by atoms with E-state index in [9.17, 15) is 0 Å². The number of hydrogen-bond acceptors (Lipinski definition) is 4. The lowest BCUT2D eigenvalue weighted by molar-refractivity contribution is 0.181. The van der Waals surface area contributed by atoms with E-state index in [2.05, 4.69) is 22.9 Å². The Morgan fingerprint density at radius 3 is 2.88 bits per heavy atom. The third kappa shape index (κ3) is 1.95. The number of nitrogens with one attached hydrogen (secondary N) is 1. The zero-order valence-electron chi connectivity index (χ0n) is 9.30. The SMILES string of the molecule is NNC(c1cccs1)C1Cc2ccccc2O1. The molecule has 17 heavy (non-hydrogen) atoms. The molecule has 0 aliphatic carbocycles. The van der Waals surface area contributed by atoms with Crippen molar-refractivity contribution in [1.82, 2.24) is 5.43 Å². The Hall–Kier alpha value is -1.36. The summed E-state index contributed by atoms with van der Waals surface area (Å²) in [6.07, 6.45) is 0.985. The molecule has 2 aromatic rings. The Morgan fingerprint density at radius 1 is 1.29 bits per heavy atom. The van der Waals surface area contributed by atoms with Gasteiger partial charge in [0, 0.05) is 11.3 Å². The third-order valence-electron chi connectivity index (χ3n) is 3.07. The van der Waals surface area contributed by atoms with E-state index in [0.29, 0.717) is 0 Å². The third-order valence-corrected chi connectivity index (χ3v) is 4.03. The van der Waals surface area contributed by atoms with Crippen LogP contribution < -0.4 is 16.0 Å². The van der Waals surface area contributed by atoms with Crippen LogP contribution in [0.3, 0.4) is 0 Å². The highest BCUT2D eigenvalue weighted by Gasteiger charge is 2.31. The van der Waals surface area contributed by atoms with Crippen molar-refractivity contribution >= 4 is 11.3 Å². The van der Waals surface area contributed by atoms with Crippen molar-refractivity contribution in [3.8, 4) is 5.75 Å². The summed E-state index contributed by atoms with van der Waals surface area (Å²) in [4.78, 5) is 1.21. The number of para-hydroxylation sites is 1. The predicted octanol–water partition coefficient (Wildman–Crippen LogP) is 2.26. The van der Waals surface area contributed by atoms with E-state index in [-0.39, 0.29) is 12.1 Å². The van der Waals surface area contributed by atoms with Crippen LogP contribution >= 0.6 is 11.3 Å². The molecule has 0 bridgehead atoms. The van der Waals surface area contributed by atoms with E-state index in [1.807, 2.05) is 24.3 Å². The van der Waals surface area contributed by atoms with Gasteiger partial charge in [0.1, 0.15) is 11.9 Å². The quantitative estimate of drug-likeness (QED) is 0.645. The van der Waals surface area contributed by atoms with Crippen molar-refractivity contribution in [3.63, 3.8) is 0 Å². The first-order valence-corrected chi connectivity index (χ1v) is 6.50. The lowest BCUT2D eigenvalue weighted by atomic mass is 10.0. The standard InChI is InChI=1S/C13H14N2OS/c14-15-13(12-6-3-7-17-12)11-8-9-4-1-2-5-10(9)16-11/h1-7,11,13,15H,8,14H2. The molecule has 3 N–H and O–H groups in total. The number of ether oxygens (including phenoxy) is 1. The van der Waals surface area contributed by atoms with Crippen molar-refractivity contribution in [2.24, 2.45) is 5.84 Å². The Balaban J connectivity index is 1.83. The van der Waals surface area contributed by atoms with Crippen LogP contribution in [-0.4, -0.2) is 6.10 Å². The molecule has 3 nitrogen and oxygen atoms in total. The maximum atomic E-state index is 5.95. The fourth-order valence-electron chi connectivity index (χ4n) is 2.24. The van der Waals surface area contributed by atoms with Crippen LogP contribution in [-0.2, 0) is 6.42 Å². The smallest absolute Gasteiger partial charge is 0.124 e. The van der Waals surface area contributed by atoms with Gasteiger partial charge >= 0.3 is 0 Å². The summed E-state index contributed by atoms with van der Waals surface area (Å²) in [7, 11) is 0.